The minimum absolute atomic E-state index is 0.0674. The quantitative estimate of drug-likeness (QED) is 0.619. The van der Waals surface area contributed by atoms with E-state index in [0.717, 1.165) is 0 Å². The van der Waals surface area contributed by atoms with Crippen molar-refractivity contribution in [2.24, 2.45) is 0 Å². The van der Waals surface area contributed by atoms with E-state index < -0.39 is 4.92 Å². The number of halogens is 1. The zero-order chi connectivity index (χ0) is 10.6. The Morgan fingerprint density at radius 3 is 2.86 bits per heavy atom. The van der Waals surface area contributed by atoms with Crippen molar-refractivity contribution in [2.75, 3.05) is 6.61 Å². The molecule has 1 aromatic rings. The second-order valence-electron chi connectivity index (χ2n) is 2.51. The standard InChI is InChI=1S/C9H8ClNO3/c10-8-4-1-5-9(11(13)14)7(8)3-2-6-12/h1-5,12H,6H2/b3-2+. The Labute approximate surface area is 85.6 Å². The normalized spacial score (nSPS) is 10.7. The number of hydrogen-bond donors (Lipinski definition) is 1. The van der Waals surface area contributed by atoms with Crippen LogP contribution in [0.15, 0.2) is 24.3 Å². The Morgan fingerprint density at radius 2 is 2.29 bits per heavy atom. The lowest BCUT2D eigenvalue weighted by molar-refractivity contribution is -0.385. The molecule has 1 aromatic carbocycles. The van der Waals surface area contributed by atoms with Gasteiger partial charge in [-0.1, -0.05) is 23.7 Å². The Morgan fingerprint density at radius 1 is 1.57 bits per heavy atom. The van der Waals surface area contributed by atoms with Crippen LogP contribution in [0.25, 0.3) is 6.08 Å². The number of rotatable bonds is 3. The van der Waals surface area contributed by atoms with Gasteiger partial charge in [0.25, 0.3) is 5.69 Å². The highest BCUT2D eigenvalue weighted by atomic mass is 35.5. The van der Waals surface area contributed by atoms with Crippen LogP contribution < -0.4 is 0 Å². The second kappa shape index (κ2) is 4.74. The third-order valence-corrected chi connectivity index (χ3v) is 1.95. The average molecular weight is 214 g/mol. The molecular weight excluding hydrogens is 206 g/mol. The maximum absolute atomic E-state index is 10.6. The van der Waals surface area contributed by atoms with Crippen LogP contribution in [0.3, 0.4) is 0 Å². The monoisotopic (exact) mass is 213 g/mol. The van der Waals surface area contributed by atoms with Gasteiger partial charge in [-0.3, -0.25) is 10.1 Å². The fourth-order valence-electron chi connectivity index (χ4n) is 1.02. The first-order valence-electron chi connectivity index (χ1n) is 3.87. The zero-order valence-electron chi connectivity index (χ0n) is 7.18. The molecule has 74 valence electrons. The van der Waals surface area contributed by atoms with Crippen molar-refractivity contribution in [1.29, 1.82) is 0 Å². The highest BCUT2D eigenvalue weighted by Gasteiger charge is 2.13. The highest BCUT2D eigenvalue weighted by molar-refractivity contribution is 6.32. The first-order chi connectivity index (χ1) is 6.66. The summed E-state index contributed by atoms with van der Waals surface area (Å²) in [6.45, 7) is -0.178. The molecule has 0 aliphatic heterocycles. The van der Waals surface area contributed by atoms with Crippen LogP contribution in [0.2, 0.25) is 5.02 Å². The molecule has 0 saturated carbocycles. The molecule has 0 amide bonds. The minimum atomic E-state index is -0.511. The van der Waals surface area contributed by atoms with E-state index in [4.69, 9.17) is 16.7 Å². The molecule has 1 rings (SSSR count). The number of nitro groups is 1. The predicted molar refractivity (Wildman–Crippen MR) is 54.2 cm³/mol. The molecule has 0 aliphatic carbocycles. The van der Waals surface area contributed by atoms with Crippen LogP contribution in [-0.4, -0.2) is 16.6 Å². The number of benzene rings is 1. The summed E-state index contributed by atoms with van der Waals surface area (Å²) in [5.41, 5.74) is 0.246. The van der Waals surface area contributed by atoms with Gasteiger partial charge in [-0.2, -0.15) is 0 Å². The summed E-state index contributed by atoms with van der Waals surface area (Å²) in [7, 11) is 0. The lowest BCUT2D eigenvalue weighted by Crippen LogP contribution is -1.91. The van der Waals surface area contributed by atoms with E-state index in [2.05, 4.69) is 0 Å². The minimum Gasteiger partial charge on any atom is -0.392 e. The van der Waals surface area contributed by atoms with Crippen molar-refractivity contribution >= 4 is 23.4 Å². The van der Waals surface area contributed by atoms with E-state index in [0.29, 0.717) is 10.6 Å². The van der Waals surface area contributed by atoms with Crippen molar-refractivity contribution in [3.05, 3.63) is 45.0 Å². The lowest BCUT2D eigenvalue weighted by Gasteiger charge is -1.99. The number of aliphatic hydroxyl groups excluding tert-OH is 1. The molecule has 5 heteroatoms. The Balaban J connectivity index is 3.22. The summed E-state index contributed by atoms with van der Waals surface area (Å²) in [6, 6.07) is 4.44. The van der Waals surface area contributed by atoms with Gasteiger partial charge in [0.15, 0.2) is 0 Å². The summed E-state index contributed by atoms with van der Waals surface area (Å²) in [4.78, 5) is 10.1. The van der Waals surface area contributed by atoms with Gasteiger partial charge in [0, 0.05) is 6.07 Å². The molecule has 0 fully saturated rings. The molecule has 0 aliphatic rings. The van der Waals surface area contributed by atoms with Crippen molar-refractivity contribution in [2.45, 2.75) is 0 Å². The smallest absolute Gasteiger partial charge is 0.278 e. The number of aliphatic hydroxyl groups is 1. The molecule has 0 heterocycles. The molecule has 4 nitrogen and oxygen atoms in total. The number of nitrogens with zero attached hydrogens (tertiary/aromatic N) is 1. The van der Waals surface area contributed by atoms with Crippen LogP contribution in [0.5, 0.6) is 0 Å². The second-order valence-corrected chi connectivity index (χ2v) is 2.92. The molecule has 0 unspecified atom stereocenters. The van der Waals surface area contributed by atoms with E-state index in [1.807, 2.05) is 0 Å². The molecule has 14 heavy (non-hydrogen) atoms. The maximum atomic E-state index is 10.6. The topological polar surface area (TPSA) is 63.4 Å². The first-order valence-corrected chi connectivity index (χ1v) is 4.25. The molecule has 0 aromatic heterocycles. The van der Waals surface area contributed by atoms with E-state index >= 15 is 0 Å². The summed E-state index contributed by atoms with van der Waals surface area (Å²) in [5.74, 6) is 0. The molecule has 0 saturated heterocycles. The maximum Gasteiger partial charge on any atom is 0.278 e. The summed E-state index contributed by atoms with van der Waals surface area (Å²) in [5, 5.41) is 19.4. The van der Waals surface area contributed by atoms with Gasteiger partial charge in [0.1, 0.15) is 0 Å². The van der Waals surface area contributed by atoms with Gasteiger partial charge in [-0.15, -0.1) is 0 Å². The highest BCUT2D eigenvalue weighted by Crippen LogP contribution is 2.27. The zero-order valence-corrected chi connectivity index (χ0v) is 7.94. The molecule has 0 radical (unpaired) electrons. The van der Waals surface area contributed by atoms with Crippen molar-refractivity contribution in [3.8, 4) is 0 Å². The molecule has 1 N–H and O–H groups in total. The fourth-order valence-corrected chi connectivity index (χ4v) is 1.25. The van der Waals surface area contributed by atoms with E-state index in [1.165, 1.54) is 24.3 Å². The van der Waals surface area contributed by atoms with Crippen LogP contribution in [0, 0.1) is 10.1 Å². The van der Waals surface area contributed by atoms with E-state index in [9.17, 15) is 10.1 Å². The van der Waals surface area contributed by atoms with Crippen molar-refractivity contribution < 1.29 is 10.0 Å². The fraction of sp³-hybridized carbons (Fsp3) is 0.111. The van der Waals surface area contributed by atoms with Crippen LogP contribution >= 0.6 is 11.6 Å². The van der Waals surface area contributed by atoms with Gasteiger partial charge in [0.2, 0.25) is 0 Å². The Kier molecular flexibility index (Phi) is 3.62. The van der Waals surface area contributed by atoms with Crippen LogP contribution in [-0.2, 0) is 0 Å². The molecular formula is C9H8ClNO3. The third kappa shape index (κ3) is 2.31. The van der Waals surface area contributed by atoms with Crippen LogP contribution in [0.4, 0.5) is 5.69 Å². The molecule has 0 bridgehead atoms. The Hall–Kier alpha value is -1.39. The number of hydrogen-bond acceptors (Lipinski definition) is 3. The summed E-state index contributed by atoms with van der Waals surface area (Å²) >= 11 is 5.77. The molecule has 0 atom stereocenters. The Bertz CT molecular complexity index is 376. The average Bonchev–Trinajstić information content (AvgIpc) is 2.15. The van der Waals surface area contributed by atoms with Gasteiger partial charge >= 0.3 is 0 Å². The first kappa shape index (κ1) is 10.7. The van der Waals surface area contributed by atoms with Gasteiger partial charge in [0.05, 0.1) is 22.1 Å². The lowest BCUT2D eigenvalue weighted by atomic mass is 10.1. The largest absolute Gasteiger partial charge is 0.392 e. The van der Waals surface area contributed by atoms with Gasteiger partial charge in [-0.05, 0) is 12.1 Å². The SMILES string of the molecule is O=[N+]([O-])c1cccc(Cl)c1/C=C/CO. The van der Waals surface area contributed by atoms with Crippen molar-refractivity contribution in [3.63, 3.8) is 0 Å². The number of nitro benzene ring substituents is 1. The van der Waals surface area contributed by atoms with Gasteiger partial charge < -0.3 is 5.11 Å². The third-order valence-electron chi connectivity index (χ3n) is 1.62. The van der Waals surface area contributed by atoms with E-state index in [-0.39, 0.29) is 12.3 Å². The summed E-state index contributed by atoms with van der Waals surface area (Å²) < 4.78 is 0. The molecule has 0 spiro atoms. The summed E-state index contributed by atoms with van der Waals surface area (Å²) in [6.07, 6.45) is 2.83. The van der Waals surface area contributed by atoms with Crippen molar-refractivity contribution in [1.82, 2.24) is 0 Å². The van der Waals surface area contributed by atoms with Crippen LogP contribution in [0.1, 0.15) is 5.56 Å². The van der Waals surface area contributed by atoms with Gasteiger partial charge in [-0.25, -0.2) is 0 Å². The predicted octanol–water partition coefficient (Wildman–Crippen LogP) is 2.25. The van der Waals surface area contributed by atoms with E-state index in [1.54, 1.807) is 6.07 Å².